The second-order valence-corrected chi connectivity index (χ2v) is 6.98. The fourth-order valence-corrected chi connectivity index (χ4v) is 3.90. The molecule has 1 heterocycles. The van der Waals surface area contributed by atoms with Crippen molar-refractivity contribution in [2.75, 3.05) is 5.32 Å². The SMILES string of the molecule is O=C1C2=C(CCCC2)[C@H](Nc2ccc([N+](=O)[O-])cc2)N1Cc1ccccc1. The van der Waals surface area contributed by atoms with Crippen LogP contribution in [0.4, 0.5) is 11.4 Å². The van der Waals surface area contributed by atoms with Crippen molar-refractivity contribution in [3.8, 4) is 0 Å². The number of amides is 1. The van der Waals surface area contributed by atoms with Crippen molar-refractivity contribution in [2.24, 2.45) is 0 Å². The standard InChI is InChI=1S/C21H21N3O3/c25-21-19-9-5-4-8-18(19)20(23(21)14-15-6-2-1-3-7-15)22-16-10-12-17(13-11-16)24(26)27/h1-3,6-7,10-13,20,22H,4-5,8-9,14H2/t20-/m1/s1. The first-order chi connectivity index (χ1) is 13.1. The van der Waals surface area contributed by atoms with Gasteiger partial charge in [0.1, 0.15) is 6.17 Å². The summed E-state index contributed by atoms with van der Waals surface area (Å²) in [5, 5.41) is 14.3. The Labute approximate surface area is 157 Å². The third-order valence-electron chi connectivity index (χ3n) is 5.25. The number of benzene rings is 2. The topological polar surface area (TPSA) is 75.5 Å². The maximum atomic E-state index is 13.0. The van der Waals surface area contributed by atoms with Crippen LogP contribution in [0.25, 0.3) is 0 Å². The molecule has 138 valence electrons. The molecule has 0 bridgehead atoms. The zero-order valence-electron chi connectivity index (χ0n) is 14.9. The molecule has 1 amide bonds. The van der Waals surface area contributed by atoms with Gasteiger partial charge in [0, 0.05) is 29.9 Å². The van der Waals surface area contributed by atoms with Gasteiger partial charge in [0.2, 0.25) is 0 Å². The molecule has 1 atom stereocenters. The van der Waals surface area contributed by atoms with Crippen molar-refractivity contribution in [3.05, 3.63) is 81.4 Å². The highest BCUT2D eigenvalue weighted by Crippen LogP contribution is 2.37. The van der Waals surface area contributed by atoms with Gasteiger partial charge < -0.3 is 10.2 Å². The van der Waals surface area contributed by atoms with Crippen molar-refractivity contribution in [1.29, 1.82) is 0 Å². The van der Waals surface area contributed by atoms with Gasteiger partial charge in [-0.25, -0.2) is 0 Å². The molecule has 0 unspecified atom stereocenters. The largest absolute Gasteiger partial charge is 0.362 e. The molecule has 4 rings (SSSR count). The Kier molecular flexibility index (Phi) is 4.62. The van der Waals surface area contributed by atoms with Crippen molar-refractivity contribution in [1.82, 2.24) is 4.90 Å². The molecule has 6 nitrogen and oxygen atoms in total. The number of carbonyl (C=O) groups is 1. The summed E-state index contributed by atoms with van der Waals surface area (Å²) in [5.41, 5.74) is 4.02. The van der Waals surface area contributed by atoms with Crippen LogP contribution in [0, 0.1) is 10.1 Å². The third-order valence-corrected chi connectivity index (χ3v) is 5.25. The lowest BCUT2D eigenvalue weighted by Crippen LogP contribution is -2.40. The van der Waals surface area contributed by atoms with E-state index in [1.165, 1.54) is 17.7 Å². The summed E-state index contributed by atoms with van der Waals surface area (Å²) in [6.45, 7) is 0.539. The highest BCUT2D eigenvalue weighted by atomic mass is 16.6. The summed E-state index contributed by atoms with van der Waals surface area (Å²) in [4.78, 5) is 25.4. The summed E-state index contributed by atoms with van der Waals surface area (Å²) < 4.78 is 0. The first-order valence-electron chi connectivity index (χ1n) is 9.21. The second-order valence-electron chi connectivity index (χ2n) is 6.98. The van der Waals surface area contributed by atoms with Crippen LogP contribution in [0.2, 0.25) is 0 Å². The number of hydrogen-bond donors (Lipinski definition) is 1. The molecule has 0 fully saturated rings. The average Bonchev–Trinajstić information content (AvgIpc) is 2.95. The molecule has 2 aromatic rings. The number of nitrogens with zero attached hydrogens (tertiary/aromatic N) is 2. The van der Waals surface area contributed by atoms with Crippen LogP contribution in [0.5, 0.6) is 0 Å². The molecule has 6 heteroatoms. The number of hydrogen-bond acceptors (Lipinski definition) is 4. The van der Waals surface area contributed by atoms with Gasteiger partial charge in [-0.15, -0.1) is 0 Å². The predicted octanol–water partition coefficient (Wildman–Crippen LogP) is 4.25. The summed E-state index contributed by atoms with van der Waals surface area (Å²) >= 11 is 0. The Hall–Kier alpha value is -3.15. The normalized spacial score (nSPS) is 19.2. The lowest BCUT2D eigenvalue weighted by atomic mass is 9.92. The number of nitrogens with one attached hydrogen (secondary N) is 1. The number of non-ortho nitro benzene ring substituents is 1. The Morgan fingerprint density at radius 1 is 1.04 bits per heavy atom. The summed E-state index contributed by atoms with van der Waals surface area (Å²) in [6, 6.07) is 16.3. The second kappa shape index (κ2) is 7.23. The maximum absolute atomic E-state index is 13.0. The van der Waals surface area contributed by atoms with Crippen LogP contribution in [-0.2, 0) is 11.3 Å². The van der Waals surface area contributed by atoms with Gasteiger partial charge in [-0.3, -0.25) is 14.9 Å². The summed E-state index contributed by atoms with van der Waals surface area (Å²) in [5.74, 6) is 0.105. The van der Waals surface area contributed by atoms with Crippen LogP contribution in [0.15, 0.2) is 65.7 Å². The molecular formula is C21H21N3O3. The minimum Gasteiger partial charge on any atom is -0.362 e. The molecule has 0 radical (unpaired) electrons. The van der Waals surface area contributed by atoms with E-state index in [0.717, 1.165) is 42.5 Å². The average molecular weight is 363 g/mol. The van der Waals surface area contributed by atoms with Gasteiger partial charge in [0.25, 0.3) is 11.6 Å². The van der Waals surface area contributed by atoms with Gasteiger partial charge in [0.05, 0.1) is 4.92 Å². The lowest BCUT2D eigenvalue weighted by molar-refractivity contribution is -0.384. The van der Waals surface area contributed by atoms with Crippen molar-refractivity contribution < 1.29 is 9.72 Å². The minimum atomic E-state index is -0.410. The highest BCUT2D eigenvalue weighted by Gasteiger charge is 2.39. The van der Waals surface area contributed by atoms with E-state index in [-0.39, 0.29) is 17.8 Å². The van der Waals surface area contributed by atoms with Crippen LogP contribution in [0.1, 0.15) is 31.2 Å². The number of rotatable bonds is 5. The molecule has 27 heavy (non-hydrogen) atoms. The fourth-order valence-electron chi connectivity index (χ4n) is 3.90. The molecule has 1 aliphatic carbocycles. The molecule has 0 saturated heterocycles. The van der Waals surface area contributed by atoms with Gasteiger partial charge in [-0.05, 0) is 49.0 Å². The summed E-state index contributed by atoms with van der Waals surface area (Å²) in [7, 11) is 0. The molecule has 1 aliphatic heterocycles. The molecule has 0 spiro atoms. The Morgan fingerprint density at radius 2 is 1.74 bits per heavy atom. The molecule has 2 aromatic carbocycles. The van der Waals surface area contributed by atoms with Crippen LogP contribution < -0.4 is 5.32 Å². The number of nitro groups is 1. The van der Waals surface area contributed by atoms with Crippen molar-refractivity contribution in [3.63, 3.8) is 0 Å². The molecule has 2 aliphatic rings. The van der Waals surface area contributed by atoms with E-state index < -0.39 is 4.92 Å². The zero-order chi connectivity index (χ0) is 18.8. The number of carbonyl (C=O) groups excluding carboxylic acids is 1. The Morgan fingerprint density at radius 3 is 2.44 bits per heavy atom. The predicted molar refractivity (Wildman–Crippen MR) is 103 cm³/mol. The molecule has 0 aromatic heterocycles. The first-order valence-corrected chi connectivity index (χ1v) is 9.21. The lowest BCUT2D eigenvalue weighted by Gasteiger charge is -2.29. The van der Waals surface area contributed by atoms with Crippen LogP contribution in [-0.4, -0.2) is 21.9 Å². The highest BCUT2D eigenvalue weighted by molar-refractivity contribution is 5.98. The monoisotopic (exact) mass is 363 g/mol. The minimum absolute atomic E-state index is 0.0572. The Balaban J connectivity index is 1.61. The fraction of sp³-hybridized carbons (Fsp3) is 0.286. The van der Waals surface area contributed by atoms with Crippen LogP contribution >= 0.6 is 0 Å². The van der Waals surface area contributed by atoms with Crippen LogP contribution in [0.3, 0.4) is 0 Å². The molecule has 1 N–H and O–H groups in total. The van der Waals surface area contributed by atoms with E-state index in [0.29, 0.717) is 6.54 Å². The van der Waals surface area contributed by atoms with Gasteiger partial charge >= 0.3 is 0 Å². The van der Waals surface area contributed by atoms with E-state index in [2.05, 4.69) is 5.32 Å². The van der Waals surface area contributed by atoms with Gasteiger partial charge in [-0.2, -0.15) is 0 Å². The number of anilines is 1. The van der Waals surface area contributed by atoms with E-state index in [1.807, 2.05) is 35.2 Å². The molecule has 0 saturated carbocycles. The van der Waals surface area contributed by atoms with Gasteiger partial charge in [0.15, 0.2) is 0 Å². The summed E-state index contributed by atoms with van der Waals surface area (Å²) in [6.07, 6.45) is 3.68. The van der Waals surface area contributed by atoms with E-state index in [1.54, 1.807) is 12.1 Å². The zero-order valence-corrected chi connectivity index (χ0v) is 14.9. The smallest absolute Gasteiger partial charge is 0.269 e. The maximum Gasteiger partial charge on any atom is 0.269 e. The van der Waals surface area contributed by atoms with E-state index >= 15 is 0 Å². The van der Waals surface area contributed by atoms with Crippen molar-refractivity contribution >= 4 is 17.3 Å². The quantitative estimate of drug-likeness (QED) is 0.637. The van der Waals surface area contributed by atoms with E-state index in [4.69, 9.17) is 0 Å². The third kappa shape index (κ3) is 3.43. The Bertz CT molecular complexity index is 891. The van der Waals surface area contributed by atoms with Gasteiger partial charge in [-0.1, -0.05) is 30.3 Å². The first kappa shape index (κ1) is 17.3. The number of nitro benzene ring substituents is 1. The van der Waals surface area contributed by atoms with Crippen molar-refractivity contribution in [2.45, 2.75) is 38.4 Å². The molecular weight excluding hydrogens is 342 g/mol. The van der Waals surface area contributed by atoms with E-state index in [9.17, 15) is 14.9 Å².